The molecular weight excluding hydrogens is 453 g/mol. The summed E-state index contributed by atoms with van der Waals surface area (Å²) < 4.78 is 5.32. The number of piperazine rings is 1. The van der Waals surface area contributed by atoms with Crippen LogP contribution in [0.2, 0.25) is 0 Å². The highest BCUT2D eigenvalue weighted by Crippen LogP contribution is 2.15. The van der Waals surface area contributed by atoms with Crippen molar-refractivity contribution >= 4 is 35.6 Å². The van der Waals surface area contributed by atoms with Crippen LogP contribution >= 0.6 is 24.0 Å². The van der Waals surface area contributed by atoms with Crippen molar-refractivity contribution in [2.45, 2.75) is 19.8 Å². The molecule has 27 heavy (non-hydrogen) atoms. The minimum atomic E-state index is 0. The van der Waals surface area contributed by atoms with Gasteiger partial charge in [0.15, 0.2) is 5.96 Å². The van der Waals surface area contributed by atoms with Gasteiger partial charge in [-0.3, -0.25) is 9.89 Å². The van der Waals surface area contributed by atoms with E-state index in [1.54, 1.807) is 0 Å². The lowest BCUT2D eigenvalue weighted by Crippen LogP contribution is -2.46. The number of anilines is 1. The number of para-hydroxylation sites is 1. The molecule has 1 heterocycles. The van der Waals surface area contributed by atoms with Gasteiger partial charge in [-0.15, -0.1) is 24.0 Å². The summed E-state index contributed by atoms with van der Waals surface area (Å²) in [4.78, 5) is 9.29. The lowest BCUT2D eigenvalue weighted by atomic mass is 10.2. The number of hydrogen-bond acceptors (Lipinski definition) is 4. The van der Waals surface area contributed by atoms with Gasteiger partial charge in [-0.2, -0.15) is 0 Å². The number of halogens is 1. The predicted molar refractivity (Wildman–Crippen MR) is 126 cm³/mol. The lowest BCUT2D eigenvalue weighted by Gasteiger charge is -2.36. The molecule has 0 aliphatic carbocycles. The molecule has 1 aromatic carbocycles. The third-order valence-corrected chi connectivity index (χ3v) is 4.65. The van der Waals surface area contributed by atoms with E-state index < -0.39 is 0 Å². The summed E-state index contributed by atoms with van der Waals surface area (Å²) in [7, 11) is 1.81. The first kappa shape index (κ1) is 24.0. The maximum Gasteiger partial charge on any atom is 0.191 e. The molecule has 0 bridgehead atoms. The Balaban J connectivity index is 0.00000364. The Hall–Kier alpha value is -1.06. The van der Waals surface area contributed by atoms with E-state index in [0.29, 0.717) is 6.61 Å². The van der Waals surface area contributed by atoms with Gasteiger partial charge in [0.2, 0.25) is 0 Å². The third-order valence-electron chi connectivity index (χ3n) is 4.65. The van der Waals surface area contributed by atoms with Gasteiger partial charge in [-0.05, 0) is 38.4 Å². The molecule has 0 aromatic heterocycles. The van der Waals surface area contributed by atoms with Crippen LogP contribution in [0.15, 0.2) is 35.3 Å². The molecule has 6 nitrogen and oxygen atoms in total. The smallest absolute Gasteiger partial charge is 0.191 e. The normalized spacial score (nSPS) is 15.3. The van der Waals surface area contributed by atoms with Crippen LogP contribution in [0.3, 0.4) is 0 Å². The SMILES string of the molecule is CCOCCNC(=NC)NCCCCN1CCN(c2ccccc2)CC1.I. The van der Waals surface area contributed by atoms with Crippen LogP contribution < -0.4 is 15.5 Å². The van der Waals surface area contributed by atoms with E-state index in [1.807, 2.05) is 14.0 Å². The minimum absolute atomic E-state index is 0. The number of benzene rings is 1. The monoisotopic (exact) mass is 489 g/mol. The molecule has 1 aromatic rings. The van der Waals surface area contributed by atoms with E-state index >= 15 is 0 Å². The van der Waals surface area contributed by atoms with E-state index in [-0.39, 0.29) is 24.0 Å². The van der Waals surface area contributed by atoms with Crippen LogP contribution in [0.4, 0.5) is 5.69 Å². The number of nitrogens with zero attached hydrogens (tertiary/aromatic N) is 3. The van der Waals surface area contributed by atoms with Crippen molar-refractivity contribution in [1.82, 2.24) is 15.5 Å². The van der Waals surface area contributed by atoms with Gasteiger partial charge in [-0.1, -0.05) is 18.2 Å². The summed E-state index contributed by atoms with van der Waals surface area (Å²) in [5.74, 6) is 0.862. The number of guanidine groups is 1. The minimum Gasteiger partial charge on any atom is -0.380 e. The van der Waals surface area contributed by atoms with Gasteiger partial charge in [0.1, 0.15) is 0 Å². The molecular formula is C20H36IN5O. The van der Waals surface area contributed by atoms with Gasteiger partial charge in [0.25, 0.3) is 0 Å². The zero-order valence-electron chi connectivity index (χ0n) is 16.8. The number of nitrogens with one attached hydrogen (secondary N) is 2. The Kier molecular flexibility index (Phi) is 13.3. The largest absolute Gasteiger partial charge is 0.380 e. The van der Waals surface area contributed by atoms with Gasteiger partial charge >= 0.3 is 0 Å². The lowest BCUT2D eigenvalue weighted by molar-refractivity contribution is 0.152. The first-order chi connectivity index (χ1) is 12.8. The molecule has 1 saturated heterocycles. The Morgan fingerprint density at radius 2 is 1.74 bits per heavy atom. The van der Waals surface area contributed by atoms with Crippen LogP contribution in [-0.2, 0) is 4.74 Å². The van der Waals surface area contributed by atoms with Crippen molar-refractivity contribution in [2.24, 2.45) is 4.99 Å². The summed E-state index contributed by atoms with van der Waals surface area (Å²) in [6.07, 6.45) is 2.37. The zero-order chi connectivity index (χ0) is 18.5. The van der Waals surface area contributed by atoms with Crippen molar-refractivity contribution in [2.75, 3.05) is 71.0 Å². The van der Waals surface area contributed by atoms with E-state index in [1.165, 1.54) is 18.7 Å². The summed E-state index contributed by atoms with van der Waals surface area (Å²) in [6.45, 7) is 11.0. The second kappa shape index (κ2) is 14.9. The Morgan fingerprint density at radius 1 is 1.04 bits per heavy atom. The number of aliphatic imine (C=N–C) groups is 1. The molecule has 1 aliphatic heterocycles. The van der Waals surface area contributed by atoms with E-state index in [4.69, 9.17) is 4.74 Å². The molecule has 0 amide bonds. The number of rotatable bonds is 10. The number of ether oxygens (including phenoxy) is 1. The highest BCUT2D eigenvalue weighted by atomic mass is 127. The molecule has 0 radical (unpaired) electrons. The Morgan fingerprint density at radius 3 is 2.41 bits per heavy atom. The fraction of sp³-hybridized carbons (Fsp3) is 0.650. The molecule has 1 aliphatic rings. The number of hydrogen-bond donors (Lipinski definition) is 2. The molecule has 0 saturated carbocycles. The average Bonchev–Trinajstić information content (AvgIpc) is 2.70. The first-order valence-electron chi connectivity index (χ1n) is 9.88. The molecule has 154 valence electrons. The van der Waals surface area contributed by atoms with Gasteiger partial charge in [-0.25, -0.2) is 0 Å². The summed E-state index contributed by atoms with van der Waals surface area (Å²) in [5.41, 5.74) is 1.35. The van der Waals surface area contributed by atoms with E-state index in [0.717, 1.165) is 58.3 Å². The Bertz CT molecular complexity index is 506. The van der Waals surface area contributed by atoms with E-state index in [2.05, 4.69) is 55.8 Å². The van der Waals surface area contributed by atoms with Crippen LogP contribution in [-0.4, -0.2) is 76.9 Å². The molecule has 0 spiro atoms. The van der Waals surface area contributed by atoms with Crippen molar-refractivity contribution in [3.63, 3.8) is 0 Å². The topological polar surface area (TPSA) is 52.1 Å². The molecule has 7 heteroatoms. The van der Waals surface area contributed by atoms with Crippen molar-refractivity contribution in [1.29, 1.82) is 0 Å². The zero-order valence-corrected chi connectivity index (χ0v) is 19.2. The summed E-state index contributed by atoms with van der Waals surface area (Å²) in [6, 6.07) is 10.7. The molecule has 1 fully saturated rings. The van der Waals surface area contributed by atoms with Gasteiger partial charge in [0.05, 0.1) is 6.61 Å². The van der Waals surface area contributed by atoms with Crippen molar-refractivity contribution in [3.8, 4) is 0 Å². The predicted octanol–water partition coefficient (Wildman–Crippen LogP) is 2.41. The fourth-order valence-corrected chi connectivity index (χ4v) is 3.14. The fourth-order valence-electron chi connectivity index (χ4n) is 3.14. The molecule has 2 N–H and O–H groups in total. The molecule has 0 unspecified atom stereocenters. The maximum absolute atomic E-state index is 5.32. The highest BCUT2D eigenvalue weighted by molar-refractivity contribution is 14.0. The molecule has 0 atom stereocenters. The average molecular weight is 489 g/mol. The standard InChI is InChI=1S/C20H35N5O.HI/c1-3-26-18-12-23-20(21-2)22-11-7-8-13-24-14-16-25(17-15-24)19-9-5-4-6-10-19;/h4-6,9-10H,3,7-8,11-18H2,1-2H3,(H2,21,22,23);1H. The van der Waals surface area contributed by atoms with Gasteiger partial charge < -0.3 is 20.3 Å². The van der Waals surface area contributed by atoms with E-state index in [9.17, 15) is 0 Å². The maximum atomic E-state index is 5.32. The number of unbranched alkanes of at least 4 members (excludes halogenated alkanes) is 1. The van der Waals surface area contributed by atoms with Crippen LogP contribution in [0.1, 0.15) is 19.8 Å². The second-order valence-corrected chi connectivity index (χ2v) is 6.49. The second-order valence-electron chi connectivity index (χ2n) is 6.49. The summed E-state index contributed by atoms with van der Waals surface area (Å²) >= 11 is 0. The quantitative estimate of drug-likeness (QED) is 0.229. The Labute approximate surface area is 181 Å². The molecule has 2 rings (SSSR count). The van der Waals surface area contributed by atoms with Crippen molar-refractivity contribution < 1.29 is 4.74 Å². The van der Waals surface area contributed by atoms with Crippen LogP contribution in [0.5, 0.6) is 0 Å². The van der Waals surface area contributed by atoms with Crippen molar-refractivity contribution in [3.05, 3.63) is 30.3 Å². The van der Waals surface area contributed by atoms with Crippen LogP contribution in [0.25, 0.3) is 0 Å². The highest BCUT2D eigenvalue weighted by Gasteiger charge is 2.16. The van der Waals surface area contributed by atoms with Gasteiger partial charge in [0, 0.05) is 58.6 Å². The summed E-state index contributed by atoms with van der Waals surface area (Å²) in [5, 5.41) is 6.63. The van der Waals surface area contributed by atoms with Crippen LogP contribution in [0, 0.1) is 0 Å². The first-order valence-corrected chi connectivity index (χ1v) is 9.88. The third kappa shape index (κ3) is 9.62.